The molecule has 3 rings (SSSR count). The molecular formula is C24H28F3N. The summed E-state index contributed by atoms with van der Waals surface area (Å²) in [5.41, 5.74) is 3.78. The van der Waals surface area contributed by atoms with Crippen molar-refractivity contribution < 1.29 is 13.2 Å². The van der Waals surface area contributed by atoms with Crippen LogP contribution in [0, 0.1) is 5.92 Å². The van der Waals surface area contributed by atoms with E-state index >= 15 is 0 Å². The minimum absolute atomic E-state index is 0.282. The highest BCUT2D eigenvalue weighted by molar-refractivity contribution is 5.67. The summed E-state index contributed by atoms with van der Waals surface area (Å²) >= 11 is 0. The lowest BCUT2D eigenvalue weighted by Crippen LogP contribution is -2.33. The number of benzene rings is 2. The molecule has 1 N–H and O–H groups in total. The molecular weight excluding hydrogens is 359 g/mol. The van der Waals surface area contributed by atoms with Crippen LogP contribution < -0.4 is 5.32 Å². The van der Waals surface area contributed by atoms with Crippen molar-refractivity contribution in [3.63, 3.8) is 0 Å². The molecule has 1 nitrogen and oxygen atoms in total. The van der Waals surface area contributed by atoms with Crippen molar-refractivity contribution in [1.82, 2.24) is 5.32 Å². The Morgan fingerprint density at radius 2 is 1.75 bits per heavy atom. The van der Waals surface area contributed by atoms with Gasteiger partial charge in [0.2, 0.25) is 0 Å². The van der Waals surface area contributed by atoms with Crippen molar-refractivity contribution in [2.45, 2.75) is 51.7 Å². The smallest absolute Gasteiger partial charge is 0.310 e. The molecule has 0 saturated heterocycles. The van der Waals surface area contributed by atoms with Crippen molar-refractivity contribution in [2.75, 3.05) is 6.54 Å². The Hall–Kier alpha value is -2.07. The summed E-state index contributed by atoms with van der Waals surface area (Å²) in [4.78, 5) is 0. The van der Waals surface area contributed by atoms with Gasteiger partial charge in [-0.3, -0.25) is 0 Å². The van der Waals surface area contributed by atoms with Crippen molar-refractivity contribution in [3.05, 3.63) is 76.9 Å². The standard InChI is InChI=1S/C24H28F3N/c1-17(2)14-19-8-6-18(7-9-19)10-11-23-16-21(12-13-28-23)20-4-3-5-22(15-20)24(25,26)27/h3-9,12,15,17,23,28H,10-11,13-14,16H2,1-2H3. The van der Waals surface area contributed by atoms with E-state index in [1.165, 1.54) is 23.3 Å². The first-order valence-electron chi connectivity index (χ1n) is 9.99. The normalized spacial score (nSPS) is 17.6. The number of aryl methyl sites for hydroxylation is 1. The molecule has 0 bridgehead atoms. The summed E-state index contributed by atoms with van der Waals surface area (Å²) in [7, 11) is 0. The predicted octanol–water partition coefficient (Wildman–Crippen LogP) is 6.28. The molecule has 150 valence electrons. The van der Waals surface area contributed by atoms with Crippen LogP contribution in [0.25, 0.3) is 5.57 Å². The quantitative estimate of drug-likeness (QED) is 0.615. The number of alkyl halides is 3. The van der Waals surface area contributed by atoms with Gasteiger partial charge in [-0.2, -0.15) is 13.2 Å². The van der Waals surface area contributed by atoms with Crippen LogP contribution in [-0.4, -0.2) is 12.6 Å². The Morgan fingerprint density at radius 3 is 2.43 bits per heavy atom. The Kier molecular flexibility index (Phi) is 6.61. The maximum Gasteiger partial charge on any atom is 0.416 e. The molecule has 1 atom stereocenters. The van der Waals surface area contributed by atoms with Crippen LogP contribution in [0.3, 0.4) is 0 Å². The highest BCUT2D eigenvalue weighted by Gasteiger charge is 2.30. The largest absolute Gasteiger partial charge is 0.416 e. The van der Waals surface area contributed by atoms with Gasteiger partial charge in [0.15, 0.2) is 0 Å². The molecule has 1 aliphatic heterocycles. The highest BCUT2D eigenvalue weighted by Crippen LogP contribution is 2.32. The zero-order chi connectivity index (χ0) is 20.1. The van der Waals surface area contributed by atoms with E-state index in [0.717, 1.165) is 37.3 Å². The molecule has 0 aliphatic carbocycles. The van der Waals surface area contributed by atoms with Gasteiger partial charge in [-0.05, 0) is 66.0 Å². The van der Waals surface area contributed by atoms with Gasteiger partial charge in [0.1, 0.15) is 0 Å². The second kappa shape index (κ2) is 8.95. The van der Waals surface area contributed by atoms with E-state index in [9.17, 15) is 13.2 Å². The fourth-order valence-corrected chi connectivity index (χ4v) is 3.76. The molecule has 0 spiro atoms. The van der Waals surface area contributed by atoms with Gasteiger partial charge in [-0.1, -0.05) is 56.3 Å². The number of halogens is 3. The Labute approximate surface area is 165 Å². The Balaban J connectivity index is 1.59. The third-order valence-corrected chi connectivity index (χ3v) is 5.23. The minimum Gasteiger partial charge on any atom is -0.310 e. The van der Waals surface area contributed by atoms with Gasteiger partial charge in [0.25, 0.3) is 0 Å². The first kappa shape index (κ1) is 20.7. The predicted molar refractivity (Wildman–Crippen MR) is 109 cm³/mol. The van der Waals surface area contributed by atoms with E-state index in [4.69, 9.17) is 0 Å². The third kappa shape index (κ3) is 5.71. The van der Waals surface area contributed by atoms with Gasteiger partial charge in [-0.25, -0.2) is 0 Å². The molecule has 0 saturated carbocycles. The van der Waals surface area contributed by atoms with Crippen LogP contribution in [0.1, 0.15) is 48.9 Å². The molecule has 1 unspecified atom stereocenters. The minimum atomic E-state index is -4.30. The summed E-state index contributed by atoms with van der Waals surface area (Å²) in [5.74, 6) is 0.651. The summed E-state index contributed by atoms with van der Waals surface area (Å²) in [5, 5.41) is 3.47. The van der Waals surface area contributed by atoms with Gasteiger partial charge >= 0.3 is 6.18 Å². The van der Waals surface area contributed by atoms with Crippen molar-refractivity contribution in [1.29, 1.82) is 0 Å². The third-order valence-electron chi connectivity index (χ3n) is 5.23. The molecule has 0 fully saturated rings. The zero-order valence-electron chi connectivity index (χ0n) is 16.5. The maximum atomic E-state index is 13.0. The maximum absolute atomic E-state index is 13.0. The molecule has 0 amide bonds. The van der Waals surface area contributed by atoms with Gasteiger partial charge in [0, 0.05) is 12.6 Å². The molecule has 0 radical (unpaired) electrons. The van der Waals surface area contributed by atoms with E-state index in [1.807, 2.05) is 6.08 Å². The van der Waals surface area contributed by atoms with E-state index in [0.29, 0.717) is 18.0 Å². The average Bonchev–Trinajstić information content (AvgIpc) is 2.67. The summed E-state index contributed by atoms with van der Waals surface area (Å²) in [6, 6.07) is 14.8. The Bertz CT molecular complexity index is 803. The first-order valence-corrected chi connectivity index (χ1v) is 9.99. The summed E-state index contributed by atoms with van der Waals surface area (Å²) < 4.78 is 39.0. The number of hydrogen-bond acceptors (Lipinski definition) is 1. The van der Waals surface area contributed by atoms with Crippen LogP contribution in [-0.2, 0) is 19.0 Å². The van der Waals surface area contributed by atoms with E-state index in [1.54, 1.807) is 6.07 Å². The fourth-order valence-electron chi connectivity index (χ4n) is 3.76. The number of rotatable bonds is 6. The lowest BCUT2D eigenvalue weighted by atomic mass is 9.91. The Morgan fingerprint density at radius 1 is 1.04 bits per heavy atom. The van der Waals surface area contributed by atoms with Crippen LogP contribution in [0.5, 0.6) is 0 Å². The highest BCUT2D eigenvalue weighted by atomic mass is 19.4. The second-order valence-electron chi connectivity index (χ2n) is 8.07. The van der Waals surface area contributed by atoms with Crippen LogP contribution in [0.2, 0.25) is 0 Å². The molecule has 1 heterocycles. The van der Waals surface area contributed by atoms with Gasteiger partial charge in [0.05, 0.1) is 5.56 Å². The molecule has 4 heteroatoms. The van der Waals surface area contributed by atoms with E-state index in [2.05, 4.69) is 43.4 Å². The first-order chi connectivity index (χ1) is 13.3. The second-order valence-corrected chi connectivity index (χ2v) is 8.07. The lowest BCUT2D eigenvalue weighted by molar-refractivity contribution is -0.137. The van der Waals surface area contributed by atoms with E-state index < -0.39 is 11.7 Å². The topological polar surface area (TPSA) is 12.0 Å². The van der Waals surface area contributed by atoms with E-state index in [-0.39, 0.29) is 6.04 Å². The van der Waals surface area contributed by atoms with Crippen LogP contribution in [0.4, 0.5) is 13.2 Å². The number of nitrogens with one attached hydrogen (secondary N) is 1. The molecule has 2 aromatic rings. The molecule has 2 aromatic carbocycles. The monoisotopic (exact) mass is 387 g/mol. The fraction of sp³-hybridized carbons (Fsp3) is 0.417. The summed E-state index contributed by atoms with van der Waals surface area (Å²) in [6.07, 6.45) is 1.50. The molecule has 0 aromatic heterocycles. The average molecular weight is 387 g/mol. The molecule has 28 heavy (non-hydrogen) atoms. The zero-order valence-corrected chi connectivity index (χ0v) is 16.5. The number of hydrogen-bond donors (Lipinski definition) is 1. The van der Waals surface area contributed by atoms with Crippen molar-refractivity contribution in [2.24, 2.45) is 5.92 Å². The lowest BCUT2D eigenvalue weighted by Gasteiger charge is -2.25. The van der Waals surface area contributed by atoms with Crippen molar-refractivity contribution >= 4 is 5.57 Å². The van der Waals surface area contributed by atoms with Gasteiger partial charge in [-0.15, -0.1) is 0 Å². The van der Waals surface area contributed by atoms with Crippen LogP contribution in [0.15, 0.2) is 54.6 Å². The SMILES string of the molecule is CC(C)Cc1ccc(CCC2CC(c3cccc(C(F)(F)F)c3)=CCN2)cc1. The van der Waals surface area contributed by atoms with Crippen molar-refractivity contribution in [3.8, 4) is 0 Å². The van der Waals surface area contributed by atoms with Crippen LogP contribution >= 0.6 is 0 Å². The van der Waals surface area contributed by atoms with Gasteiger partial charge < -0.3 is 5.32 Å². The molecule has 1 aliphatic rings. The summed E-state index contributed by atoms with van der Waals surface area (Å²) in [6.45, 7) is 5.14.